The first-order chi connectivity index (χ1) is 7.74. The maximum atomic E-state index is 11.5. The van der Waals surface area contributed by atoms with E-state index in [9.17, 15) is 4.79 Å². The average molecular weight is 247 g/mol. The van der Waals surface area contributed by atoms with Gasteiger partial charge >= 0.3 is 0 Å². The Labute approximate surface area is 104 Å². The Balaban J connectivity index is 2.06. The minimum atomic E-state index is 0.163. The first-order valence-electron chi connectivity index (χ1n) is 6.30. The van der Waals surface area contributed by atoms with Crippen molar-refractivity contribution in [3.63, 3.8) is 0 Å². The number of carbonyl (C=O) groups is 1. The summed E-state index contributed by atoms with van der Waals surface area (Å²) < 4.78 is 0. The van der Waals surface area contributed by atoms with Crippen LogP contribution in [0.25, 0.3) is 0 Å². The lowest BCUT2D eigenvalue weighted by molar-refractivity contribution is -0.121. The quantitative estimate of drug-likeness (QED) is 0.551. The summed E-state index contributed by atoms with van der Waals surface area (Å²) in [7, 11) is 0. The van der Waals surface area contributed by atoms with Gasteiger partial charge in [-0.3, -0.25) is 9.69 Å². The van der Waals surface area contributed by atoms with Crippen molar-refractivity contribution in [3.05, 3.63) is 0 Å². The fourth-order valence-corrected chi connectivity index (χ4v) is 2.23. The van der Waals surface area contributed by atoms with Crippen LogP contribution in [0.1, 0.15) is 39.0 Å². The van der Waals surface area contributed by atoms with E-state index in [1.807, 2.05) is 0 Å². The molecule has 3 nitrogen and oxygen atoms in total. The number of carbonyl (C=O) groups excluding carboxylic acids is 1. The second-order valence-electron chi connectivity index (χ2n) is 4.54. The van der Waals surface area contributed by atoms with Crippen molar-refractivity contribution < 1.29 is 4.79 Å². The molecule has 0 aromatic carbocycles. The highest BCUT2D eigenvalue weighted by molar-refractivity contribution is 6.17. The van der Waals surface area contributed by atoms with E-state index in [0.717, 1.165) is 19.4 Å². The molecule has 0 aromatic rings. The largest absolute Gasteiger partial charge is 0.355 e. The van der Waals surface area contributed by atoms with Gasteiger partial charge in [0.05, 0.1) is 0 Å². The van der Waals surface area contributed by atoms with Crippen LogP contribution in [0.4, 0.5) is 0 Å². The minimum absolute atomic E-state index is 0.163. The van der Waals surface area contributed by atoms with Crippen molar-refractivity contribution in [3.8, 4) is 0 Å². The molecule has 1 aliphatic heterocycles. The summed E-state index contributed by atoms with van der Waals surface area (Å²) in [6.45, 7) is 5.33. The highest BCUT2D eigenvalue weighted by atomic mass is 35.5. The van der Waals surface area contributed by atoms with Crippen LogP contribution in [0.15, 0.2) is 0 Å². The fraction of sp³-hybridized carbons (Fsp3) is 0.917. The molecule has 0 aromatic heterocycles. The number of nitrogens with one attached hydrogen (secondary N) is 1. The van der Waals surface area contributed by atoms with Crippen molar-refractivity contribution in [1.82, 2.24) is 10.2 Å². The van der Waals surface area contributed by atoms with Crippen LogP contribution in [0.2, 0.25) is 0 Å². The summed E-state index contributed by atoms with van der Waals surface area (Å²) in [5.41, 5.74) is 0. The number of alkyl halides is 1. The summed E-state index contributed by atoms with van der Waals surface area (Å²) in [4.78, 5) is 13.9. The molecule has 4 heteroatoms. The summed E-state index contributed by atoms with van der Waals surface area (Å²) in [6.07, 6.45) is 5.03. The smallest absolute Gasteiger partial charge is 0.220 e. The molecule has 0 spiro atoms. The summed E-state index contributed by atoms with van der Waals surface area (Å²) >= 11 is 5.56. The third kappa shape index (κ3) is 5.17. The molecule has 1 unspecified atom stereocenters. The molecule has 0 radical (unpaired) electrons. The summed E-state index contributed by atoms with van der Waals surface area (Å²) in [5.74, 6) is 0.813. The van der Waals surface area contributed by atoms with Crippen LogP contribution < -0.4 is 5.32 Å². The van der Waals surface area contributed by atoms with Gasteiger partial charge in [-0.15, -0.1) is 11.6 Å². The van der Waals surface area contributed by atoms with Gasteiger partial charge < -0.3 is 5.32 Å². The maximum Gasteiger partial charge on any atom is 0.220 e. The number of nitrogens with zero attached hydrogens (tertiary/aromatic N) is 1. The zero-order valence-corrected chi connectivity index (χ0v) is 10.9. The van der Waals surface area contributed by atoms with E-state index in [4.69, 9.17) is 11.6 Å². The van der Waals surface area contributed by atoms with Crippen molar-refractivity contribution in [1.29, 1.82) is 0 Å². The highest BCUT2D eigenvalue weighted by Gasteiger charge is 2.17. The number of rotatable bonds is 7. The monoisotopic (exact) mass is 246 g/mol. The lowest BCUT2D eigenvalue weighted by Crippen LogP contribution is -2.40. The Morgan fingerprint density at radius 1 is 1.38 bits per heavy atom. The molecule has 0 bridgehead atoms. The fourth-order valence-electron chi connectivity index (χ4n) is 2.04. The SMILES string of the molecule is CC(CNC(=O)CCCCCl)N1CCCC1. The van der Waals surface area contributed by atoms with Crippen molar-refractivity contribution in [2.75, 3.05) is 25.5 Å². The minimum Gasteiger partial charge on any atom is -0.355 e. The summed E-state index contributed by atoms with van der Waals surface area (Å²) in [6, 6.07) is 0.472. The summed E-state index contributed by atoms with van der Waals surface area (Å²) in [5, 5.41) is 2.99. The molecule has 1 amide bonds. The Bertz CT molecular complexity index is 205. The molecule has 1 rings (SSSR count). The topological polar surface area (TPSA) is 32.3 Å². The zero-order valence-electron chi connectivity index (χ0n) is 10.2. The van der Waals surface area contributed by atoms with Gasteiger partial charge in [0, 0.05) is 24.9 Å². The Morgan fingerprint density at radius 3 is 2.69 bits per heavy atom. The van der Waals surface area contributed by atoms with Gasteiger partial charge in [0.2, 0.25) is 5.91 Å². The molecule has 1 saturated heterocycles. The van der Waals surface area contributed by atoms with Gasteiger partial charge in [-0.2, -0.15) is 0 Å². The third-order valence-corrected chi connectivity index (χ3v) is 3.41. The number of hydrogen-bond acceptors (Lipinski definition) is 2. The average Bonchev–Trinajstić information content (AvgIpc) is 2.79. The third-order valence-electron chi connectivity index (χ3n) is 3.15. The molecule has 0 aliphatic carbocycles. The van der Waals surface area contributed by atoms with Crippen LogP contribution in [-0.2, 0) is 4.79 Å². The Kier molecular flexibility index (Phi) is 6.81. The molecule has 1 heterocycles. The van der Waals surface area contributed by atoms with Gasteiger partial charge in [-0.1, -0.05) is 0 Å². The molecule has 16 heavy (non-hydrogen) atoms. The first-order valence-corrected chi connectivity index (χ1v) is 6.84. The molecule has 0 saturated carbocycles. The predicted octanol–water partition coefficient (Wildman–Crippen LogP) is 2.00. The number of halogens is 1. The molecular formula is C12H23ClN2O. The molecule has 1 atom stereocenters. The number of amides is 1. The lowest BCUT2D eigenvalue weighted by Gasteiger charge is -2.23. The van der Waals surface area contributed by atoms with Gasteiger partial charge in [0.15, 0.2) is 0 Å². The normalized spacial score (nSPS) is 18.6. The zero-order chi connectivity index (χ0) is 11.8. The Morgan fingerprint density at radius 2 is 2.06 bits per heavy atom. The lowest BCUT2D eigenvalue weighted by atomic mass is 10.2. The van der Waals surface area contributed by atoms with E-state index in [1.54, 1.807) is 0 Å². The van der Waals surface area contributed by atoms with Crippen LogP contribution in [0.3, 0.4) is 0 Å². The van der Waals surface area contributed by atoms with Gasteiger partial charge in [0.25, 0.3) is 0 Å². The van der Waals surface area contributed by atoms with Crippen molar-refractivity contribution >= 4 is 17.5 Å². The molecule has 1 fully saturated rings. The van der Waals surface area contributed by atoms with Gasteiger partial charge in [0.1, 0.15) is 0 Å². The molecule has 1 aliphatic rings. The van der Waals surface area contributed by atoms with E-state index in [-0.39, 0.29) is 5.91 Å². The van der Waals surface area contributed by atoms with E-state index in [1.165, 1.54) is 25.9 Å². The Hall–Kier alpha value is -0.280. The van der Waals surface area contributed by atoms with E-state index in [2.05, 4.69) is 17.1 Å². The second kappa shape index (κ2) is 7.91. The van der Waals surface area contributed by atoms with Crippen LogP contribution >= 0.6 is 11.6 Å². The van der Waals surface area contributed by atoms with Gasteiger partial charge in [-0.05, 0) is 45.7 Å². The maximum absolute atomic E-state index is 11.5. The predicted molar refractivity (Wildman–Crippen MR) is 67.8 cm³/mol. The van der Waals surface area contributed by atoms with E-state index >= 15 is 0 Å². The number of likely N-dealkylation sites (tertiary alicyclic amines) is 1. The van der Waals surface area contributed by atoms with E-state index in [0.29, 0.717) is 18.3 Å². The second-order valence-corrected chi connectivity index (χ2v) is 4.92. The van der Waals surface area contributed by atoms with Crippen molar-refractivity contribution in [2.45, 2.75) is 45.1 Å². The molecule has 94 valence electrons. The standard InChI is InChI=1S/C12H23ClN2O/c1-11(15-8-4-5-9-15)10-14-12(16)6-2-3-7-13/h11H,2-10H2,1H3,(H,14,16). The highest BCUT2D eigenvalue weighted by Crippen LogP contribution is 2.10. The number of unbranched alkanes of at least 4 members (excludes halogenated alkanes) is 1. The first kappa shape index (κ1) is 13.8. The van der Waals surface area contributed by atoms with Crippen LogP contribution in [0, 0.1) is 0 Å². The number of hydrogen-bond donors (Lipinski definition) is 1. The van der Waals surface area contributed by atoms with Crippen LogP contribution in [-0.4, -0.2) is 42.4 Å². The molecular weight excluding hydrogens is 224 g/mol. The molecule has 1 N–H and O–H groups in total. The van der Waals surface area contributed by atoms with E-state index < -0.39 is 0 Å². The van der Waals surface area contributed by atoms with Crippen molar-refractivity contribution in [2.24, 2.45) is 0 Å². The van der Waals surface area contributed by atoms with Gasteiger partial charge in [-0.25, -0.2) is 0 Å². The van der Waals surface area contributed by atoms with Crippen LogP contribution in [0.5, 0.6) is 0 Å².